The second-order valence-electron chi connectivity index (χ2n) is 4.42. The van der Waals surface area contributed by atoms with E-state index in [0.29, 0.717) is 11.6 Å². The van der Waals surface area contributed by atoms with Crippen molar-refractivity contribution in [2.75, 3.05) is 13.1 Å². The summed E-state index contributed by atoms with van der Waals surface area (Å²) in [6, 6.07) is 2.43. The van der Waals surface area contributed by atoms with E-state index in [1.54, 1.807) is 13.8 Å². The molecule has 1 aromatic carbocycles. The molecule has 0 aliphatic rings. The van der Waals surface area contributed by atoms with E-state index >= 15 is 0 Å². The molecule has 1 aromatic rings. The number of halogens is 2. The Morgan fingerprint density at radius 2 is 1.90 bits per heavy atom. The molecule has 0 spiro atoms. The smallest absolute Gasteiger partial charge is 0.207 e. The summed E-state index contributed by atoms with van der Waals surface area (Å²) >= 11 is 0. The van der Waals surface area contributed by atoms with Crippen molar-refractivity contribution >= 4 is 29.8 Å². The molecule has 0 radical (unpaired) electrons. The molecule has 0 saturated carbocycles. The summed E-state index contributed by atoms with van der Waals surface area (Å²) < 4.78 is 61.9. The van der Waals surface area contributed by atoms with E-state index in [0.717, 1.165) is 16.4 Å². The fourth-order valence-corrected chi connectivity index (χ4v) is 3.97. The van der Waals surface area contributed by atoms with Crippen molar-refractivity contribution < 1.29 is 21.2 Å². The number of rotatable bonds is 6. The van der Waals surface area contributed by atoms with Crippen LogP contribution in [0.1, 0.15) is 13.8 Å². The van der Waals surface area contributed by atoms with Gasteiger partial charge in [0, 0.05) is 23.8 Å². The van der Waals surface area contributed by atoms with Crippen molar-refractivity contribution in [1.29, 1.82) is 0 Å². The molecule has 0 N–H and O–H groups in total. The standard InChI is InChI=1S/C12H15ClFNO4S2/c1-4-15(8-9(2)3)21(18,19)12-6-5-10(7-11(12)14)20(13,16)17/h5-7H,2,4,8H2,1,3H3. The minimum absolute atomic E-state index is 0.0494. The lowest BCUT2D eigenvalue weighted by atomic mass is 10.3. The highest BCUT2D eigenvalue weighted by atomic mass is 35.7. The highest BCUT2D eigenvalue weighted by molar-refractivity contribution is 8.13. The van der Waals surface area contributed by atoms with Crippen molar-refractivity contribution in [3.05, 3.63) is 36.2 Å². The van der Waals surface area contributed by atoms with E-state index in [1.807, 2.05) is 0 Å². The Bertz CT molecular complexity index is 759. The maximum Gasteiger partial charge on any atom is 0.261 e. The first-order chi connectivity index (χ1) is 9.50. The third kappa shape index (κ3) is 4.26. The summed E-state index contributed by atoms with van der Waals surface area (Å²) in [7, 11) is -3.11. The number of hydrogen-bond acceptors (Lipinski definition) is 4. The third-order valence-electron chi connectivity index (χ3n) is 2.60. The zero-order chi connectivity index (χ0) is 16.4. The van der Waals surface area contributed by atoms with Gasteiger partial charge in [0.15, 0.2) is 0 Å². The minimum atomic E-state index is -4.12. The third-order valence-corrected chi connectivity index (χ3v) is 5.91. The van der Waals surface area contributed by atoms with E-state index in [4.69, 9.17) is 10.7 Å². The second-order valence-corrected chi connectivity index (χ2v) is 8.89. The molecule has 0 saturated heterocycles. The SMILES string of the molecule is C=C(C)CN(CC)S(=O)(=O)c1ccc(S(=O)(=O)Cl)cc1F. The minimum Gasteiger partial charge on any atom is -0.207 e. The monoisotopic (exact) mass is 355 g/mol. The molecule has 0 aromatic heterocycles. The summed E-state index contributed by atoms with van der Waals surface area (Å²) in [5, 5.41) is 0. The molecule has 0 aliphatic carbocycles. The summed E-state index contributed by atoms with van der Waals surface area (Å²) in [6.07, 6.45) is 0. The molecular weight excluding hydrogens is 341 g/mol. The van der Waals surface area contributed by atoms with Crippen molar-refractivity contribution in [2.45, 2.75) is 23.6 Å². The number of hydrogen-bond donors (Lipinski definition) is 0. The van der Waals surface area contributed by atoms with Crippen LogP contribution in [0.2, 0.25) is 0 Å². The molecule has 0 fully saturated rings. The van der Waals surface area contributed by atoms with Crippen LogP contribution in [0.5, 0.6) is 0 Å². The van der Waals surface area contributed by atoms with Crippen LogP contribution in [0.4, 0.5) is 4.39 Å². The molecule has 0 bridgehead atoms. The first kappa shape index (κ1) is 18.1. The van der Waals surface area contributed by atoms with Gasteiger partial charge < -0.3 is 0 Å². The summed E-state index contributed by atoms with van der Waals surface area (Å²) in [6.45, 7) is 7.06. The summed E-state index contributed by atoms with van der Waals surface area (Å²) in [5.41, 5.74) is 0.598. The second kappa shape index (κ2) is 6.43. The Morgan fingerprint density at radius 3 is 2.29 bits per heavy atom. The lowest BCUT2D eigenvalue weighted by Crippen LogP contribution is -2.32. The van der Waals surface area contributed by atoms with Crippen LogP contribution in [0, 0.1) is 5.82 Å². The van der Waals surface area contributed by atoms with Crippen LogP contribution in [-0.4, -0.2) is 34.2 Å². The van der Waals surface area contributed by atoms with E-state index in [9.17, 15) is 21.2 Å². The van der Waals surface area contributed by atoms with E-state index < -0.39 is 34.7 Å². The molecular formula is C12H15ClFNO4S2. The van der Waals surface area contributed by atoms with Crippen molar-refractivity contribution in [1.82, 2.24) is 4.31 Å². The van der Waals surface area contributed by atoms with Gasteiger partial charge in [0.25, 0.3) is 9.05 Å². The van der Waals surface area contributed by atoms with E-state index in [-0.39, 0.29) is 13.1 Å². The van der Waals surface area contributed by atoms with Gasteiger partial charge in [0.05, 0.1) is 4.90 Å². The number of sulfonamides is 1. The zero-order valence-electron chi connectivity index (χ0n) is 11.5. The fraction of sp³-hybridized carbons (Fsp3) is 0.333. The molecule has 118 valence electrons. The Kier molecular flexibility index (Phi) is 5.54. The van der Waals surface area contributed by atoms with Crippen LogP contribution in [-0.2, 0) is 19.1 Å². The predicted octanol–water partition coefficient (Wildman–Crippen LogP) is 2.34. The van der Waals surface area contributed by atoms with Crippen molar-refractivity contribution in [3.8, 4) is 0 Å². The summed E-state index contributed by atoms with van der Waals surface area (Å²) in [5.74, 6) is -1.17. The van der Waals surface area contributed by atoms with Crippen LogP contribution in [0.25, 0.3) is 0 Å². The maximum atomic E-state index is 14.0. The molecule has 9 heteroatoms. The zero-order valence-corrected chi connectivity index (χ0v) is 13.9. The maximum absolute atomic E-state index is 14.0. The lowest BCUT2D eigenvalue weighted by Gasteiger charge is -2.20. The van der Waals surface area contributed by atoms with Crippen LogP contribution < -0.4 is 0 Å². The van der Waals surface area contributed by atoms with Gasteiger partial charge in [-0.25, -0.2) is 21.2 Å². The van der Waals surface area contributed by atoms with Crippen LogP contribution >= 0.6 is 10.7 Å². The van der Waals surface area contributed by atoms with Gasteiger partial charge in [0.1, 0.15) is 10.7 Å². The molecule has 0 heterocycles. The van der Waals surface area contributed by atoms with E-state index in [1.165, 1.54) is 0 Å². The normalized spacial score (nSPS) is 12.6. The topological polar surface area (TPSA) is 71.5 Å². The number of likely N-dealkylation sites (N-methyl/N-ethyl adjacent to an activating group) is 1. The summed E-state index contributed by atoms with van der Waals surface area (Å²) in [4.78, 5) is -1.10. The van der Waals surface area contributed by atoms with Gasteiger partial charge >= 0.3 is 0 Å². The first-order valence-electron chi connectivity index (χ1n) is 5.89. The Labute approximate surface area is 128 Å². The Morgan fingerprint density at radius 1 is 1.33 bits per heavy atom. The number of nitrogens with zero attached hydrogens (tertiary/aromatic N) is 1. The Balaban J connectivity index is 3.36. The molecule has 0 atom stereocenters. The first-order valence-corrected chi connectivity index (χ1v) is 9.63. The molecule has 0 amide bonds. The quantitative estimate of drug-likeness (QED) is 0.580. The number of benzene rings is 1. The van der Waals surface area contributed by atoms with Crippen LogP contribution in [0.3, 0.4) is 0 Å². The van der Waals surface area contributed by atoms with Crippen LogP contribution in [0.15, 0.2) is 40.1 Å². The van der Waals surface area contributed by atoms with E-state index in [2.05, 4.69) is 6.58 Å². The molecule has 0 unspecified atom stereocenters. The molecule has 21 heavy (non-hydrogen) atoms. The molecule has 5 nitrogen and oxygen atoms in total. The van der Waals surface area contributed by atoms with Gasteiger partial charge in [0.2, 0.25) is 10.0 Å². The van der Waals surface area contributed by atoms with Gasteiger partial charge in [-0.05, 0) is 25.1 Å². The van der Waals surface area contributed by atoms with Gasteiger partial charge in [-0.2, -0.15) is 4.31 Å². The average molecular weight is 356 g/mol. The molecule has 0 aliphatic heterocycles. The highest BCUT2D eigenvalue weighted by Crippen LogP contribution is 2.24. The lowest BCUT2D eigenvalue weighted by molar-refractivity contribution is 0.446. The molecule has 1 rings (SSSR count). The van der Waals surface area contributed by atoms with Gasteiger partial charge in [-0.15, -0.1) is 0 Å². The van der Waals surface area contributed by atoms with Crippen molar-refractivity contribution in [3.63, 3.8) is 0 Å². The largest absolute Gasteiger partial charge is 0.261 e. The van der Waals surface area contributed by atoms with Gasteiger partial charge in [-0.3, -0.25) is 0 Å². The highest BCUT2D eigenvalue weighted by Gasteiger charge is 2.27. The predicted molar refractivity (Wildman–Crippen MR) is 78.7 cm³/mol. The van der Waals surface area contributed by atoms with Gasteiger partial charge in [-0.1, -0.05) is 19.1 Å². The average Bonchev–Trinajstić information content (AvgIpc) is 2.33. The Hall–Kier alpha value is -0.960. The van der Waals surface area contributed by atoms with Crippen molar-refractivity contribution in [2.24, 2.45) is 0 Å². The fourth-order valence-electron chi connectivity index (χ4n) is 1.65.